The van der Waals surface area contributed by atoms with Crippen molar-refractivity contribution in [3.63, 3.8) is 0 Å². The Labute approximate surface area is 185 Å². The van der Waals surface area contributed by atoms with Crippen LogP contribution in [0.25, 0.3) is 0 Å². The fourth-order valence-electron chi connectivity index (χ4n) is 2.33. The molecule has 0 amide bonds. The number of carbonyl (C=O) groups excluding carboxylic acids is 1. The third kappa shape index (κ3) is 6.03. The van der Waals surface area contributed by atoms with E-state index in [2.05, 4.69) is 31.4 Å². The molecule has 3 rings (SSSR count). The van der Waals surface area contributed by atoms with Crippen LogP contribution < -0.4 is 10.2 Å². The van der Waals surface area contributed by atoms with Gasteiger partial charge in [-0.2, -0.15) is 5.10 Å². The minimum Gasteiger partial charge on any atom is -0.466 e. The van der Waals surface area contributed by atoms with Gasteiger partial charge in [-0.05, 0) is 47.1 Å². The maximum atomic E-state index is 11.5. The van der Waals surface area contributed by atoms with Gasteiger partial charge in [0.2, 0.25) is 5.13 Å². The van der Waals surface area contributed by atoms with Crippen molar-refractivity contribution in [2.45, 2.75) is 13.3 Å². The van der Waals surface area contributed by atoms with Gasteiger partial charge in [0.15, 0.2) is 5.75 Å². The van der Waals surface area contributed by atoms with Crippen molar-refractivity contribution in [3.8, 4) is 11.5 Å². The lowest BCUT2D eigenvalue weighted by molar-refractivity contribution is -0.142. The first kappa shape index (κ1) is 21.3. The van der Waals surface area contributed by atoms with Crippen LogP contribution in [0.15, 0.2) is 57.4 Å². The lowest BCUT2D eigenvalue weighted by Gasteiger charge is -2.12. The van der Waals surface area contributed by atoms with Gasteiger partial charge in [0.1, 0.15) is 5.75 Å². The molecule has 0 unspecified atom stereocenters. The van der Waals surface area contributed by atoms with Gasteiger partial charge in [-0.25, -0.2) is 4.98 Å². The highest BCUT2D eigenvalue weighted by Gasteiger charge is 2.13. The van der Waals surface area contributed by atoms with E-state index in [0.29, 0.717) is 39.5 Å². The number of hydrogen-bond donors (Lipinski definition) is 1. The monoisotopic (exact) mass is 493 g/mol. The zero-order valence-electron chi connectivity index (χ0n) is 15.4. The van der Waals surface area contributed by atoms with Gasteiger partial charge in [-0.1, -0.05) is 29.8 Å². The molecule has 29 heavy (non-hydrogen) atoms. The molecule has 150 valence electrons. The van der Waals surface area contributed by atoms with E-state index in [-0.39, 0.29) is 12.4 Å². The summed E-state index contributed by atoms with van der Waals surface area (Å²) >= 11 is 11.2. The van der Waals surface area contributed by atoms with Crippen molar-refractivity contribution in [1.82, 2.24) is 4.98 Å². The Hall–Kier alpha value is -2.42. The van der Waals surface area contributed by atoms with Crippen LogP contribution in [0.5, 0.6) is 11.5 Å². The van der Waals surface area contributed by atoms with Gasteiger partial charge in [-0.3, -0.25) is 10.2 Å². The number of anilines is 1. The van der Waals surface area contributed by atoms with Crippen LogP contribution in [0.1, 0.15) is 18.2 Å². The van der Waals surface area contributed by atoms with Gasteiger partial charge in [0.05, 0.1) is 35.5 Å². The molecule has 0 radical (unpaired) electrons. The molecule has 2 aromatic carbocycles. The van der Waals surface area contributed by atoms with Crippen molar-refractivity contribution in [2.75, 3.05) is 12.0 Å². The largest absolute Gasteiger partial charge is 0.466 e. The predicted octanol–water partition coefficient (Wildman–Crippen LogP) is 5.90. The number of hydrazone groups is 1. The number of benzene rings is 2. The Bertz CT molecular complexity index is 1010. The highest BCUT2D eigenvalue weighted by molar-refractivity contribution is 9.10. The quantitative estimate of drug-likeness (QED) is 0.240. The smallest absolute Gasteiger partial charge is 0.311 e. The molecule has 0 fully saturated rings. The third-order valence-corrected chi connectivity index (χ3v) is 5.38. The van der Waals surface area contributed by atoms with Gasteiger partial charge in [-0.15, -0.1) is 11.3 Å². The van der Waals surface area contributed by atoms with E-state index in [0.717, 1.165) is 4.47 Å². The average Bonchev–Trinajstić information content (AvgIpc) is 3.15. The fourth-order valence-corrected chi connectivity index (χ4v) is 3.61. The van der Waals surface area contributed by atoms with Crippen molar-refractivity contribution < 1.29 is 14.3 Å². The summed E-state index contributed by atoms with van der Waals surface area (Å²) in [6, 6.07) is 12.9. The van der Waals surface area contributed by atoms with E-state index >= 15 is 0 Å². The number of nitrogens with zero attached hydrogens (tertiary/aromatic N) is 2. The van der Waals surface area contributed by atoms with Crippen LogP contribution in [0.4, 0.5) is 5.13 Å². The van der Waals surface area contributed by atoms with Crippen molar-refractivity contribution >= 4 is 56.2 Å². The lowest BCUT2D eigenvalue weighted by Crippen LogP contribution is -2.07. The first-order valence-corrected chi connectivity index (χ1v) is 10.7. The molecule has 0 spiro atoms. The summed E-state index contributed by atoms with van der Waals surface area (Å²) in [7, 11) is 0. The van der Waals surface area contributed by atoms with Gasteiger partial charge in [0, 0.05) is 9.85 Å². The van der Waals surface area contributed by atoms with Crippen LogP contribution >= 0.6 is 38.9 Å². The number of rotatable bonds is 8. The molecule has 0 bridgehead atoms. The lowest BCUT2D eigenvalue weighted by atomic mass is 10.2. The molecular weight excluding hydrogens is 478 g/mol. The summed E-state index contributed by atoms with van der Waals surface area (Å²) in [5.74, 6) is 0.844. The predicted molar refractivity (Wildman–Crippen MR) is 119 cm³/mol. The number of ether oxygens (including phenoxy) is 2. The minimum atomic E-state index is -0.307. The number of nitrogens with one attached hydrogen (secondary N) is 1. The first-order valence-electron chi connectivity index (χ1n) is 8.66. The van der Waals surface area contributed by atoms with Crippen LogP contribution in [0.3, 0.4) is 0 Å². The molecule has 0 saturated carbocycles. The molecule has 6 nitrogen and oxygen atoms in total. The normalized spacial score (nSPS) is 10.9. The first-order chi connectivity index (χ1) is 14.1. The molecular formula is C20H17BrClN3O3S. The zero-order chi connectivity index (χ0) is 20.6. The molecule has 9 heteroatoms. The van der Waals surface area contributed by atoms with E-state index in [9.17, 15) is 4.79 Å². The molecule has 0 aliphatic rings. The van der Waals surface area contributed by atoms with Gasteiger partial charge in [0.25, 0.3) is 0 Å². The van der Waals surface area contributed by atoms with Crippen LogP contribution in [-0.4, -0.2) is 23.8 Å². The molecule has 0 atom stereocenters. The number of hydrogen-bond acceptors (Lipinski definition) is 7. The van der Waals surface area contributed by atoms with Crippen molar-refractivity contribution in [2.24, 2.45) is 5.10 Å². The Morgan fingerprint density at radius 1 is 1.31 bits per heavy atom. The van der Waals surface area contributed by atoms with E-state index in [1.54, 1.807) is 24.6 Å². The number of aromatic nitrogens is 1. The van der Waals surface area contributed by atoms with Gasteiger partial charge < -0.3 is 9.47 Å². The number of halogens is 2. The van der Waals surface area contributed by atoms with Crippen LogP contribution in [0.2, 0.25) is 5.02 Å². The Morgan fingerprint density at radius 3 is 2.86 bits per heavy atom. The van der Waals surface area contributed by atoms with E-state index in [1.807, 2.05) is 36.4 Å². The summed E-state index contributed by atoms with van der Waals surface area (Å²) in [4.78, 5) is 15.9. The number of thiazole rings is 1. The van der Waals surface area contributed by atoms with E-state index in [4.69, 9.17) is 21.1 Å². The number of para-hydroxylation sites is 1. The summed E-state index contributed by atoms with van der Waals surface area (Å²) in [6.45, 7) is 2.12. The second-order valence-corrected chi connectivity index (χ2v) is 7.80. The third-order valence-electron chi connectivity index (χ3n) is 3.59. The molecule has 0 aliphatic carbocycles. The summed E-state index contributed by atoms with van der Waals surface area (Å²) in [5.41, 5.74) is 4.17. The van der Waals surface area contributed by atoms with E-state index in [1.165, 1.54) is 11.3 Å². The fraction of sp³-hybridized carbons (Fsp3) is 0.150. The maximum Gasteiger partial charge on any atom is 0.311 e. The number of carbonyl (C=O) groups is 1. The summed E-state index contributed by atoms with van der Waals surface area (Å²) < 4.78 is 11.7. The van der Waals surface area contributed by atoms with Gasteiger partial charge >= 0.3 is 5.97 Å². The van der Waals surface area contributed by atoms with E-state index < -0.39 is 0 Å². The summed E-state index contributed by atoms with van der Waals surface area (Å²) in [5, 5.41) is 7.04. The zero-order valence-corrected chi connectivity index (χ0v) is 18.6. The minimum absolute atomic E-state index is 0.130. The standard InChI is InChI=1S/C20H17BrClN3O3S/c1-2-27-18(26)10-13-12-29-20(24-13)25-23-11-15-16(21)8-9-17(22)19(15)28-14-6-4-3-5-7-14/h3-9,11-12H,2,10H2,1H3,(H,24,25). The second-order valence-electron chi connectivity index (χ2n) is 5.68. The molecule has 1 heterocycles. The van der Waals surface area contributed by atoms with Crippen molar-refractivity contribution in [1.29, 1.82) is 0 Å². The molecule has 0 aliphatic heterocycles. The van der Waals surface area contributed by atoms with Crippen molar-refractivity contribution in [3.05, 3.63) is 68.6 Å². The molecule has 1 aromatic heterocycles. The number of esters is 1. The maximum absolute atomic E-state index is 11.5. The Morgan fingerprint density at radius 2 is 2.10 bits per heavy atom. The highest BCUT2D eigenvalue weighted by Crippen LogP contribution is 2.36. The average molecular weight is 495 g/mol. The second kappa shape index (κ2) is 10.4. The highest BCUT2D eigenvalue weighted by atomic mass is 79.9. The van der Waals surface area contributed by atoms with Crippen LogP contribution in [0, 0.1) is 0 Å². The molecule has 0 saturated heterocycles. The molecule has 1 N–H and O–H groups in total. The topological polar surface area (TPSA) is 72.8 Å². The Kier molecular flexibility index (Phi) is 7.62. The Balaban J connectivity index is 1.73. The SMILES string of the molecule is CCOC(=O)Cc1csc(NN=Cc2c(Br)ccc(Cl)c2Oc2ccccc2)n1. The van der Waals surface area contributed by atoms with Crippen LogP contribution in [-0.2, 0) is 16.0 Å². The molecule has 3 aromatic rings. The summed E-state index contributed by atoms with van der Waals surface area (Å²) in [6.07, 6.45) is 1.73.